The highest BCUT2D eigenvalue weighted by Gasteiger charge is 2.26. The van der Waals surface area contributed by atoms with E-state index in [0.717, 1.165) is 30.2 Å². The molecule has 1 aliphatic rings. The molecule has 0 bridgehead atoms. The van der Waals surface area contributed by atoms with Crippen LogP contribution in [0.1, 0.15) is 23.4 Å². The summed E-state index contributed by atoms with van der Waals surface area (Å²) in [5.74, 6) is 1.18. The minimum absolute atomic E-state index is 0.135. The molecule has 0 saturated carbocycles. The standard InChI is InChI=1S/C14H16ClN3O2/c1-10-16-14(17-20-10)13-9-18(6-7-19-13)8-11-4-2-3-5-12(11)15/h2-5,13H,6-9H2,1H3/t13-/m1/s1. The molecule has 0 spiro atoms. The molecule has 1 atom stereocenters. The van der Waals surface area contributed by atoms with E-state index in [0.29, 0.717) is 18.3 Å². The minimum atomic E-state index is -0.135. The normalized spacial score (nSPS) is 20.2. The average Bonchev–Trinajstić information content (AvgIpc) is 2.89. The molecular weight excluding hydrogens is 278 g/mol. The van der Waals surface area contributed by atoms with Crippen molar-refractivity contribution in [3.8, 4) is 0 Å². The number of benzene rings is 1. The molecule has 6 heteroatoms. The van der Waals surface area contributed by atoms with Crippen molar-refractivity contribution in [2.45, 2.75) is 19.6 Å². The van der Waals surface area contributed by atoms with Crippen molar-refractivity contribution in [3.63, 3.8) is 0 Å². The molecule has 0 unspecified atom stereocenters. The van der Waals surface area contributed by atoms with E-state index in [4.69, 9.17) is 20.9 Å². The third kappa shape index (κ3) is 3.00. The average molecular weight is 294 g/mol. The zero-order chi connectivity index (χ0) is 13.9. The molecule has 0 N–H and O–H groups in total. The number of halogens is 1. The van der Waals surface area contributed by atoms with Crippen LogP contribution in [0.5, 0.6) is 0 Å². The van der Waals surface area contributed by atoms with Crippen LogP contribution in [-0.2, 0) is 11.3 Å². The summed E-state index contributed by atoms with van der Waals surface area (Å²) in [5.41, 5.74) is 1.12. The van der Waals surface area contributed by atoms with Gasteiger partial charge < -0.3 is 9.26 Å². The molecule has 2 aromatic rings. The quantitative estimate of drug-likeness (QED) is 0.870. The Balaban J connectivity index is 1.68. The van der Waals surface area contributed by atoms with Gasteiger partial charge in [-0.2, -0.15) is 4.98 Å². The number of hydrogen-bond donors (Lipinski definition) is 0. The fourth-order valence-electron chi connectivity index (χ4n) is 2.32. The summed E-state index contributed by atoms with van der Waals surface area (Å²) in [4.78, 5) is 6.53. The van der Waals surface area contributed by atoms with Crippen molar-refractivity contribution >= 4 is 11.6 Å². The maximum atomic E-state index is 6.20. The first-order valence-electron chi connectivity index (χ1n) is 6.60. The van der Waals surface area contributed by atoms with E-state index in [9.17, 15) is 0 Å². The Morgan fingerprint density at radius 2 is 2.25 bits per heavy atom. The van der Waals surface area contributed by atoms with E-state index < -0.39 is 0 Å². The number of ether oxygens (including phenoxy) is 1. The van der Waals surface area contributed by atoms with Gasteiger partial charge in [0.15, 0.2) is 0 Å². The molecular formula is C14H16ClN3O2. The highest BCUT2D eigenvalue weighted by atomic mass is 35.5. The highest BCUT2D eigenvalue weighted by Crippen LogP contribution is 2.23. The Hall–Kier alpha value is -1.43. The van der Waals surface area contributed by atoms with Crippen molar-refractivity contribution < 1.29 is 9.26 Å². The first-order chi connectivity index (χ1) is 9.72. The van der Waals surface area contributed by atoms with Crippen LogP contribution < -0.4 is 0 Å². The molecule has 20 heavy (non-hydrogen) atoms. The second-order valence-corrected chi connectivity index (χ2v) is 5.26. The number of morpholine rings is 1. The fraction of sp³-hybridized carbons (Fsp3) is 0.429. The third-order valence-corrected chi connectivity index (χ3v) is 3.70. The van der Waals surface area contributed by atoms with Gasteiger partial charge in [0.1, 0.15) is 6.10 Å². The Kier molecular flexibility index (Phi) is 4.00. The predicted molar refractivity (Wildman–Crippen MR) is 74.5 cm³/mol. The Bertz CT molecular complexity index is 587. The van der Waals surface area contributed by atoms with Gasteiger partial charge in [-0.25, -0.2) is 0 Å². The van der Waals surface area contributed by atoms with Gasteiger partial charge in [0.05, 0.1) is 6.61 Å². The fourth-order valence-corrected chi connectivity index (χ4v) is 2.51. The Morgan fingerprint density at radius 3 is 3.00 bits per heavy atom. The minimum Gasteiger partial charge on any atom is -0.367 e. The third-order valence-electron chi connectivity index (χ3n) is 3.33. The maximum Gasteiger partial charge on any atom is 0.223 e. The number of hydrogen-bond acceptors (Lipinski definition) is 5. The van der Waals surface area contributed by atoms with Crippen molar-refractivity contribution in [2.75, 3.05) is 19.7 Å². The van der Waals surface area contributed by atoms with Gasteiger partial charge in [-0.3, -0.25) is 4.90 Å². The summed E-state index contributed by atoms with van der Waals surface area (Å²) < 4.78 is 10.7. The summed E-state index contributed by atoms with van der Waals surface area (Å²) in [6.45, 7) is 4.85. The van der Waals surface area contributed by atoms with Crippen molar-refractivity contribution in [1.29, 1.82) is 0 Å². The molecule has 1 saturated heterocycles. The first-order valence-corrected chi connectivity index (χ1v) is 6.98. The second-order valence-electron chi connectivity index (χ2n) is 4.86. The Labute approximate surface area is 122 Å². The van der Waals surface area contributed by atoms with E-state index >= 15 is 0 Å². The topological polar surface area (TPSA) is 51.4 Å². The van der Waals surface area contributed by atoms with Crippen LogP contribution in [-0.4, -0.2) is 34.7 Å². The second kappa shape index (κ2) is 5.91. The van der Waals surface area contributed by atoms with Gasteiger partial charge >= 0.3 is 0 Å². The van der Waals surface area contributed by atoms with Crippen LogP contribution in [0.15, 0.2) is 28.8 Å². The largest absolute Gasteiger partial charge is 0.367 e. The smallest absolute Gasteiger partial charge is 0.223 e. The molecule has 0 amide bonds. The zero-order valence-electron chi connectivity index (χ0n) is 11.3. The predicted octanol–water partition coefficient (Wildman–Crippen LogP) is 2.60. The van der Waals surface area contributed by atoms with E-state index in [2.05, 4.69) is 15.0 Å². The lowest BCUT2D eigenvalue weighted by Gasteiger charge is -2.31. The first kappa shape index (κ1) is 13.5. The molecule has 1 aromatic heterocycles. The van der Waals surface area contributed by atoms with E-state index in [1.165, 1.54) is 0 Å². The van der Waals surface area contributed by atoms with Gasteiger partial charge in [-0.05, 0) is 11.6 Å². The molecule has 106 valence electrons. The highest BCUT2D eigenvalue weighted by molar-refractivity contribution is 6.31. The van der Waals surface area contributed by atoms with E-state index in [-0.39, 0.29) is 6.10 Å². The van der Waals surface area contributed by atoms with Gasteiger partial charge in [-0.1, -0.05) is 35.0 Å². The van der Waals surface area contributed by atoms with Crippen LogP contribution >= 0.6 is 11.6 Å². The zero-order valence-corrected chi connectivity index (χ0v) is 12.0. The summed E-state index contributed by atoms with van der Waals surface area (Å²) in [6.07, 6.45) is -0.135. The maximum absolute atomic E-state index is 6.20. The van der Waals surface area contributed by atoms with Crippen LogP contribution in [0.4, 0.5) is 0 Å². The van der Waals surface area contributed by atoms with Crippen molar-refractivity contribution in [1.82, 2.24) is 15.0 Å². The molecule has 0 radical (unpaired) electrons. The lowest BCUT2D eigenvalue weighted by molar-refractivity contribution is -0.0380. The summed E-state index contributed by atoms with van der Waals surface area (Å²) in [7, 11) is 0. The molecule has 5 nitrogen and oxygen atoms in total. The number of rotatable bonds is 3. The van der Waals surface area contributed by atoms with Gasteiger partial charge in [0.25, 0.3) is 0 Å². The van der Waals surface area contributed by atoms with Gasteiger partial charge in [-0.15, -0.1) is 0 Å². The van der Waals surface area contributed by atoms with Gasteiger partial charge in [0.2, 0.25) is 11.7 Å². The summed E-state index contributed by atoms with van der Waals surface area (Å²) in [5, 5.41) is 4.73. The number of nitrogens with zero attached hydrogens (tertiary/aromatic N) is 3. The molecule has 1 aliphatic heterocycles. The van der Waals surface area contributed by atoms with Crippen LogP contribution in [0.2, 0.25) is 5.02 Å². The molecule has 2 heterocycles. The van der Waals surface area contributed by atoms with Crippen molar-refractivity contribution in [2.24, 2.45) is 0 Å². The lowest BCUT2D eigenvalue weighted by Crippen LogP contribution is -2.38. The molecule has 0 aliphatic carbocycles. The lowest BCUT2D eigenvalue weighted by atomic mass is 10.2. The number of aromatic nitrogens is 2. The van der Waals surface area contributed by atoms with Gasteiger partial charge in [0, 0.05) is 31.6 Å². The molecule has 1 fully saturated rings. The SMILES string of the molecule is Cc1nc([C@H]2CN(Cc3ccccc3Cl)CCO2)no1. The van der Waals surface area contributed by atoms with Crippen LogP contribution in [0.25, 0.3) is 0 Å². The monoisotopic (exact) mass is 293 g/mol. The molecule has 1 aromatic carbocycles. The summed E-state index contributed by atoms with van der Waals surface area (Å²) >= 11 is 6.20. The summed E-state index contributed by atoms with van der Waals surface area (Å²) in [6, 6.07) is 7.90. The number of aryl methyl sites for hydroxylation is 1. The Morgan fingerprint density at radius 1 is 1.40 bits per heavy atom. The van der Waals surface area contributed by atoms with E-state index in [1.807, 2.05) is 24.3 Å². The van der Waals surface area contributed by atoms with Crippen LogP contribution in [0, 0.1) is 6.92 Å². The van der Waals surface area contributed by atoms with E-state index in [1.54, 1.807) is 6.92 Å². The van der Waals surface area contributed by atoms with Crippen molar-refractivity contribution in [3.05, 3.63) is 46.6 Å². The van der Waals surface area contributed by atoms with Crippen LogP contribution in [0.3, 0.4) is 0 Å². The molecule has 3 rings (SSSR count).